The zero-order valence-electron chi connectivity index (χ0n) is 15.9. The van der Waals surface area contributed by atoms with E-state index >= 15 is 0 Å². The van der Waals surface area contributed by atoms with Gasteiger partial charge in [0, 0.05) is 0 Å². The van der Waals surface area contributed by atoms with Crippen LogP contribution < -0.4 is 0 Å². The standard InChI is InChI=1S/C24H30/c1-23(2,3)21(17-19-13-9-7-10-14-19)22(24(4,5)6)18-20-15-11-8-12-16-20/h7-18H,1-6H3. The monoisotopic (exact) mass is 318 g/mol. The van der Waals surface area contributed by atoms with E-state index in [4.69, 9.17) is 0 Å². The lowest BCUT2D eigenvalue weighted by molar-refractivity contribution is 0.451. The number of hydrogen-bond acceptors (Lipinski definition) is 0. The molecule has 126 valence electrons. The van der Waals surface area contributed by atoms with Crippen LogP contribution >= 0.6 is 0 Å². The third-order valence-electron chi connectivity index (χ3n) is 4.13. The van der Waals surface area contributed by atoms with Gasteiger partial charge in [0.15, 0.2) is 0 Å². The SMILES string of the molecule is CC(C)(C)C(=Cc1ccccc1)C(=Cc1ccccc1)C(C)(C)C. The second kappa shape index (κ2) is 7.21. The van der Waals surface area contributed by atoms with Gasteiger partial charge in [-0.15, -0.1) is 0 Å². The molecule has 0 N–H and O–H groups in total. The lowest BCUT2D eigenvalue weighted by Gasteiger charge is -2.33. The summed E-state index contributed by atoms with van der Waals surface area (Å²) >= 11 is 0. The molecule has 0 aromatic heterocycles. The normalized spacial score (nSPS) is 13.9. The summed E-state index contributed by atoms with van der Waals surface area (Å²) in [5.41, 5.74) is 5.44. The second-order valence-corrected chi connectivity index (χ2v) is 8.44. The Morgan fingerprint density at radius 1 is 0.542 bits per heavy atom. The van der Waals surface area contributed by atoms with Crippen molar-refractivity contribution in [3.05, 3.63) is 82.9 Å². The quantitative estimate of drug-likeness (QED) is 0.523. The van der Waals surface area contributed by atoms with Crippen molar-refractivity contribution in [1.29, 1.82) is 0 Å². The number of benzene rings is 2. The fourth-order valence-corrected chi connectivity index (χ4v) is 2.83. The maximum atomic E-state index is 2.35. The first-order valence-corrected chi connectivity index (χ1v) is 8.73. The van der Waals surface area contributed by atoms with Crippen molar-refractivity contribution in [2.24, 2.45) is 10.8 Å². The lowest BCUT2D eigenvalue weighted by atomic mass is 9.71. The van der Waals surface area contributed by atoms with Crippen molar-refractivity contribution in [3.8, 4) is 0 Å². The molecule has 0 saturated heterocycles. The summed E-state index contributed by atoms with van der Waals surface area (Å²) in [6, 6.07) is 21.2. The minimum atomic E-state index is 0.0731. The van der Waals surface area contributed by atoms with Gasteiger partial charge in [0.1, 0.15) is 0 Å². The van der Waals surface area contributed by atoms with Gasteiger partial charge in [0.05, 0.1) is 0 Å². The number of hydrogen-bond donors (Lipinski definition) is 0. The molecule has 0 unspecified atom stereocenters. The Kier molecular flexibility index (Phi) is 5.49. The van der Waals surface area contributed by atoms with E-state index in [9.17, 15) is 0 Å². The van der Waals surface area contributed by atoms with Crippen LogP contribution in [0.5, 0.6) is 0 Å². The molecule has 2 aromatic rings. The molecule has 0 saturated carbocycles. The minimum Gasteiger partial charge on any atom is -0.0622 e. The van der Waals surface area contributed by atoms with Gasteiger partial charge in [-0.1, -0.05) is 114 Å². The summed E-state index contributed by atoms with van der Waals surface area (Å²) in [6.07, 6.45) is 4.69. The molecule has 0 amide bonds. The van der Waals surface area contributed by atoms with E-state index in [-0.39, 0.29) is 10.8 Å². The Hall–Kier alpha value is -2.08. The van der Waals surface area contributed by atoms with E-state index < -0.39 is 0 Å². The molecule has 0 nitrogen and oxygen atoms in total. The van der Waals surface area contributed by atoms with Crippen molar-refractivity contribution in [3.63, 3.8) is 0 Å². The summed E-state index contributed by atoms with van der Waals surface area (Å²) in [4.78, 5) is 0. The van der Waals surface area contributed by atoms with Gasteiger partial charge in [0.2, 0.25) is 0 Å². The smallest absolute Gasteiger partial charge is 0.0129 e. The van der Waals surface area contributed by atoms with Crippen LogP contribution in [0.25, 0.3) is 12.2 Å². The van der Waals surface area contributed by atoms with Crippen molar-refractivity contribution >= 4 is 12.2 Å². The molecule has 0 aliphatic carbocycles. The fraction of sp³-hybridized carbons (Fsp3) is 0.333. The van der Waals surface area contributed by atoms with Crippen molar-refractivity contribution < 1.29 is 0 Å². The molecule has 0 fully saturated rings. The Labute approximate surface area is 147 Å². The Balaban J connectivity index is 2.63. The molecular formula is C24H30. The van der Waals surface area contributed by atoms with Crippen LogP contribution in [0.1, 0.15) is 52.7 Å². The van der Waals surface area contributed by atoms with Crippen LogP contribution in [0.4, 0.5) is 0 Å². The van der Waals surface area contributed by atoms with Crippen LogP contribution in [0.3, 0.4) is 0 Å². The van der Waals surface area contributed by atoms with Crippen molar-refractivity contribution in [2.75, 3.05) is 0 Å². The molecule has 24 heavy (non-hydrogen) atoms. The van der Waals surface area contributed by atoms with E-state index in [0.717, 1.165) is 0 Å². The largest absolute Gasteiger partial charge is 0.0622 e. The van der Waals surface area contributed by atoms with Gasteiger partial charge in [-0.3, -0.25) is 0 Å². The first-order chi connectivity index (χ1) is 11.2. The first-order valence-electron chi connectivity index (χ1n) is 8.73. The van der Waals surface area contributed by atoms with Gasteiger partial charge in [-0.05, 0) is 33.1 Å². The third kappa shape index (κ3) is 4.96. The van der Waals surface area contributed by atoms with Gasteiger partial charge in [-0.25, -0.2) is 0 Å². The summed E-state index contributed by atoms with van der Waals surface area (Å²) in [5, 5.41) is 0. The highest BCUT2D eigenvalue weighted by atomic mass is 14.3. The highest BCUT2D eigenvalue weighted by Gasteiger charge is 2.28. The average Bonchev–Trinajstić information content (AvgIpc) is 2.51. The molecule has 0 aliphatic heterocycles. The first kappa shape index (κ1) is 18.3. The molecule has 0 aliphatic rings. The number of rotatable bonds is 3. The molecule has 0 heterocycles. The van der Waals surface area contributed by atoms with E-state index in [0.29, 0.717) is 0 Å². The van der Waals surface area contributed by atoms with E-state index in [1.54, 1.807) is 0 Å². The molecule has 0 atom stereocenters. The molecule has 2 rings (SSSR count). The van der Waals surface area contributed by atoms with E-state index in [2.05, 4.69) is 114 Å². The summed E-state index contributed by atoms with van der Waals surface area (Å²) < 4.78 is 0. The highest BCUT2D eigenvalue weighted by molar-refractivity contribution is 5.68. The van der Waals surface area contributed by atoms with Gasteiger partial charge in [-0.2, -0.15) is 0 Å². The van der Waals surface area contributed by atoms with E-state index in [1.807, 2.05) is 0 Å². The van der Waals surface area contributed by atoms with Crippen LogP contribution in [-0.2, 0) is 0 Å². The fourth-order valence-electron chi connectivity index (χ4n) is 2.83. The maximum Gasteiger partial charge on any atom is -0.0129 e. The molecular weight excluding hydrogens is 288 g/mol. The summed E-state index contributed by atoms with van der Waals surface area (Å²) in [5.74, 6) is 0. The average molecular weight is 319 g/mol. The topological polar surface area (TPSA) is 0 Å². The van der Waals surface area contributed by atoms with Crippen LogP contribution in [0, 0.1) is 10.8 Å². The molecule has 0 bridgehead atoms. The Morgan fingerprint density at radius 3 is 1.08 bits per heavy atom. The molecule has 0 radical (unpaired) electrons. The van der Waals surface area contributed by atoms with Crippen LogP contribution in [0.2, 0.25) is 0 Å². The van der Waals surface area contributed by atoms with Crippen LogP contribution in [0.15, 0.2) is 71.8 Å². The third-order valence-corrected chi connectivity index (χ3v) is 4.13. The van der Waals surface area contributed by atoms with Crippen molar-refractivity contribution in [1.82, 2.24) is 0 Å². The highest BCUT2D eigenvalue weighted by Crippen LogP contribution is 2.42. The van der Waals surface area contributed by atoms with Gasteiger partial charge < -0.3 is 0 Å². The summed E-state index contributed by atoms with van der Waals surface area (Å²) in [6.45, 7) is 13.8. The second-order valence-electron chi connectivity index (χ2n) is 8.44. The van der Waals surface area contributed by atoms with Crippen LogP contribution in [-0.4, -0.2) is 0 Å². The lowest BCUT2D eigenvalue weighted by Crippen LogP contribution is -2.20. The maximum absolute atomic E-state index is 2.35. The zero-order chi connectivity index (χ0) is 17.8. The number of allylic oxidation sites excluding steroid dienone is 2. The summed E-state index contributed by atoms with van der Waals surface area (Å²) in [7, 11) is 0. The molecule has 0 spiro atoms. The van der Waals surface area contributed by atoms with Crippen molar-refractivity contribution in [2.45, 2.75) is 41.5 Å². The van der Waals surface area contributed by atoms with Gasteiger partial charge in [0.25, 0.3) is 0 Å². The zero-order valence-corrected chi connectivity index (χ0v) is 15.9. The Bertz CT molecular complexity index is 637. The predicted molar refractivity (Wildman–Crippen MR) is 108 cm³/mol. The molecule has 0 heteroatoms. The Morgan fingerprint density at radius 2 is 0.833 bits per heavy atom. The minimum absolute atomic E-state index is 0.0731. The predicted octanol–water partition coefficient (Wildman–Crippen LogP) is 7.25. The molecule has 2 aromatic carbocycles. The van der Waals surface area contributed by atoms with Gasteiger partial charge >= 0.3 is 0 Å². The van der Waals surface area contributed by atoms with E-state index in [1.165, 1.54) is 22.3 Å².